The van der Waals surface area contributed by atoms with E-state index in [1.807, 2.05) is 6.07 Å². The molecule has 0 aromatic heterocycles. The third kappa shape index (κ3) is 2.00. The van der Waals surface area contributed by atoms with Gasteiger partial charge in [0.1, 0.15) is 11.8 Å². The van der Waals surface area contributed by atoms with E-state index in [2.05, 4.69) is 15.9 Å². The van der Waals surface area contributed by atoms with E-state index >= 15 is 0 Å². The smallest absolute Gasteiger partial charge is 0.124 e. The average molecular weight is 241 g/mol. The molecule has 3 N–H and O–H groups in total. The van der Waals surface area contributed by atoms with Gasteiger partial charge in [0.05, 0.1) is 6.07 Å². The van der Waals surface area contributed by atoms with E-state index in [-0.39, 0.29) is 5.75 Å². The molecule has 0 aliphatic heterocycles. The van der Waals surface area contributed by atoms with Crippen LogP contribution in [0.2, 0.25) is 0 Å². The van der Waals surface area contributed by atoms with Gasteiger partial charge in [0.2, 0.25) is 0 Å². The molecule has 68 valence electrons. The number of phenols is 1. The van der Waals surface area contributed by atoms with E-state index in [0.717, 1.165) is 4.47 Å². The van der Waals surface area contributed by atoms with Crippen molar-refractivity contribution in [2.24, 2.45) is 5.73 Å². The Hall–Kier alpha value is -1.05. The maximum Gasteiger partial charge on any atom is 0.124 e. The SMILES string of the molecule is Cc1cc(Br)cc(C(N)C#N)c1O. The molecule has 0 aliphatic carbocycles. The minimum Gasteiger partial charge on any atom is -0.507 e. The number of halogens is 1. The van der Waals surface area contributed by atoms with Gasteiger partial charge in [-0.3, -0.25) is 0 Å². The van der Waals surface area contributed by atoms with E-state index in [4.69, 9.17) is 11.0 Å². The van der Waals surface area contributed by atoms with Crippen LogP contribution < -0.4 is 5.73 Å². The predicted octanol–water partition coefficient (Wildman–Crippen LogP) is 1.99. The first-order chi connectivity index (χ1) is 6.06. The molecule has 0 saturated heterocycles. The van der Waals surface area contributed by atoms with Gasteiger partial charge in [-0.2, -0.15) is 5.26 Å². The maximum absolute atomic E-state index is 9.57. The average Bonchev–Trinajstić information content (AvgIpc) is 2.10. The van der Waals surface area contributed by atoms with Crippen LogP contribution in [0.3, 0.4) is 0 Å². The maximum atomic E-state index is 9.57. The third-order valence-electron chi connectivity index (χ3n) is 1.77. The summed E-state index contributed by atoms with van der Waals surface area (Å²) in [5, 5.41) is 18.2. The van der Waals surface area contributed by atoms with Gasteiger partial charge >= 0.3 is 0 Å². The monoisotopic (exact) mass is 240 g/mol. The molecule has 1 aromatic rings. The van der Waals surface area contributed by atoms with Gasteiger partial charge in [-0.1, -0.05) is 15.9 Å². The lowest BCUT2D eigenvalue weighted by atomic mass is 10.0. The van der Waals surface area contributed by atoms with Crippen LogP contribution in [0.5, 0.6) is 5.75 Å². The zero-order valence-electron chi connectivity index (χ0n) is 7.08. The van der Waals surface area contributed by atoms with Gasteiger partial charge in [-0.15, -0.1) is 0 Å². The molecule has 0 heterocycles. The van der Waals surface area contributed by atoms with Gasteiger partial charge in [0.15, 0.2) is 0 Å². The Labute approximate surface area is 84.9 Å². The quantitative estimate of drug-likeness (QED) is 0.789. The first-order valence-electron chi connectivity index (χ1n) is 3.70. The van der Waals surface area contributed by atoms with E-state index < -0.39 is 6.04 Å². The lowest BCUT2D eigenvalue weighted by molar-refractivity contribution is 0.462. The van der Waals surface area contributed by atoms with Crippen LogP contribution in [0, 0.1) is 18.3 Å². The van der Waals surface area contributed by atoms with Crippen LogP contribution >= 0.6 is 15.9 Å². The van der Waals surface area contributed by atoms with E-state index in [0.29, 0.717) is 11.1 Å². The molecule has 1 aromatic carbocycles. The molecule has 0 spiro atoms. The van der Waals surface area contributed by atoms with Gasteiger partial charge in [-0.25, -0.2) is 0 Å². The highest BCUT2D eigenvalue weighted by atomic mass is 79.9. The highest BCUT2D eigenvalue weighted by Crippen LogP contribution is 2.29. The summed E-state index contributed by atoms with van der Waals surface area (Å²) in [6.45, 7) is 1.76. The second kappa shape index (κ2) is 3.77. The molecular formula is C9H9BrN2O. The molecule has 3 nitrogen and oxygen atoms in total. The number of aryl methyl sites for hydroxylation is 1. The van der Waals surface area contributed by atoms with Gasteiger partial charge in [0, 0.05) is 10.0 Å². The van der Waals surface area contributed by atoms with Crippen molar-refractivity contribution in [3.8, 4) is 11.8 Å². The zero-order valence-corrected chi connectivity index (χ0v) is 8.67. The molecule has 13 heavy (non-hydrogen) atoms. The van der Waals surface area contributed by atoms with Crippen molar-refractivity contribution < 1.29 is 5.11 Å². The number of nitrogens with two attached hydrogens (primary N) is 1. The number of aromatic hydroxyl groups is 1. The molecule has 0 bridgehead atoms. The summed E-state index contributed by atoms with van der Waals surface area (Å²) < 4.78 is 0.809. The number of hydrogen-bond donors (Lipinski definition) is 2. The zero-order chi connectivity index (χ0) is 10.0. The van der Waals surface area contributed by atoms with Crippen molar-refractivity contribution in [1.29, 1.82) is 5.26 Å². The number of hydrogen-bond acceptors (Lipinski definition) is 3. The summed E-state index contributed by atoms with van der Waals surface area (Å²) in [4.78, 5) is 0. The molecular weight excluding hydrogens is 232 g/mol. The summed E-state index contributed by atoms with van der Waals surface area (Å²) in [7, 11) is 0. The predicted molar refractivity (Wildman–Crippen MR) is 53.1 cm³/mol. The third-order valence-corrected chi connectivity index (χ3v) is 2.23. The van der Waals surface area contributed by atoms with Gasteiger partial charge < -0.3 is 10.8 Å². The molecule has 0 radical (unpaired) electrons. The molecule has 1 unspecified atom stereocenters. The summed E-state index contributed by atoms with van der Waals surface area (Å²) in [5.41, 5.74) is 6.65. The Morgan fingerprint density at radius 1 is 1.62 bits per heavy atom. The lowest BCUT2D eigenvalue weighted by Crippen LogP contribution is -2.07. The van der Waals surface area contributed by atoms with Crippen molar-refractivity contribution in [3.63, 3.8) is 0 Å². The molecule has 1 atom stereocenters. The van der Waals surface area contributed by atoms with Gasteiger partial charge in [-0.05, 0) is 24.6 Å². The molecule has 0 fully saturated rings. The fraction of sp³-hybridized carbons (Fsp3) is 0.222. The number of phenolic OH excluding ortho intramolecular Hbond substituents is 1. The highest BCUT2D eigenvalue weighted by Gasteiger charge is 2.12. The van der Waals surface area contributed by atoms with Gasteiger partial charge in [0.25, 0.3) is 0 Å². The van der Waals surface area contributed by atoms with Crippen molar-refractivity contribution in [3.05, 3.63) is 27.7 Å². The van der Waals surface area contributed by atoms with Crippen molar-refractivity contribution in [1.82, 2.24) is 0 Å². The van der Waals surface area contributed by atoms with Crippen molar-refractivity contribution in [2.75, 3.05) is 0 Å². The lowest BCUT2D eigenvalue weighted by Gasteiger charge is -2.09. The number of nitrogens with zero attached hydrogens (tertiary/aromatic N) is 1. The van der Waals surface area contributed by atoms with E-state index in [1.54, 1.807) is 19.1 Å². The summed E-state index contributed by atoms with van der Waals surface area (Å²) in [6.07, 6.45) is 0. The van der Waals surface area contributed by atoms with Crippen LogP contribution in [-0.2, 0) is 0 Å². The van der Waals surface area contributed by atoms with Crippen LogP contribution in [0.15, 0.2) is 16.6 Å². The fourth-order valence-electron chi connectivity index (χ4n) is 1.07. The molecule has 1 rings (SSSR count). The number of benzene rings is 1. The Bertz CT molecular complexity index is 371. The van der Waals surface area contributed by atoms with E-state index in [1.165, 1.54) is 0 Å². The number of rotatable bonds is 1. The highest BCUT2D eigenvalue weighted by molar-refractivity contribution is 9.10. The minimum atomic E-state index is -0.781. The second-order valence-corrected chi connectivity index (χ2v) is 3.68. The first-order valence-corrected chi connectivity index (χ1v) is 4.49. The van der Waals surface area contributed by atoms with Crippen molar-refractivity contribution in [2.45, 2.75) is 13.0 Å². The molecule has 0 amide bonds. The van der Waals surface area contributed by atoms with Crippen LogP contribution in [0.25, 0.3) is 0 Å². The fourth-order valence-corrected chi connectivity index (χ4v) is 1.66. The Morgan fingerprint density at radius 2 is 2.23 bits per heavy atom. The normalized spacial score (nSPS) is 12.2. The standard InChI is InChI=1S/C9H9BrN2O/c1-5-2-6(10)3-7(9(5)13)8(12)4-11/h2-3,8,13H,12H2,1H3. The topological polar surface area (TPSA) is 70.0 Å². The van der Waals surface area contributed by atoms with Crippen molar-refractivity contribution >= 4 is 15.9 Å². The largest absolute Gasteiger partial charge is 0.507 e. The van der Waals surface area contributed by atoms with Crippen LogP contribution in [0.1, 0.15) is 17.2 Å². The minimum absolute atomic E-state index is 0.0947. The van der Waals surface area contributed by atoms with E-state index in [9.17, 15) is 5.11 Å². The molecule has 0 saturated carbocycles. The Kier molecular flexibility index (Phi) is 2.91. The summed E-state index contributed by atoms with van der Waals surface area (Å²) in [5.74, 6) is 0.0947. The summed E-state index contributed by atoms with van der Waals surface area (Å²) in [6, 6.07) is 4.51. The van der Waals surface area contributed by atoms with Crippen LogP contribution in [-0.4, -0.2) is 5.11 Å². The summed E-state index contributed by atoms with van der Waals surface area (Å²) >= 11 is 3.27. The Morgan fingerprint density at radius 3 is 2.77 bits per heavy atom. The number of nitriles is 1. The van der Waals surface area contributed by atoms with Crippen LogP contribution in [0.4, 0.5) is 0 Å². The Balaban J connectivity index is 3.30. The first kappa shape index (κ1) is 10.0. The molecule has 4 heteroatoms. The second-order valence-electron chi connectivity index (χ2n) is 2.77. The molecule has 0 aliphatic rings.